The van der Waals surface area contributed by atoms with E-state index in [1.807, 2.05) is 0 Å². The number of hydrogen-bond acceptors (Lipinski definition) is 0. The second-order valence-electron chi connectivity index (χ2n) is 0. The number of rotatable bonds is 0. The van der Waals surface area contributed by atoms with Crippen LogP contribution in [-0.2, 0) is 0 Å². The quantitative estimate of drug-likeness (QED) is 0.283. The van der Waals surface area contributed by atoms with Gasteiger partial charge in [-0.15, -0.1) is 0 Å². The maximum Gasteiger partial charge on any atom is 1.00 e. The average molecular weight is 514 g/mol. The molecule has 0 aliphatic rings. The molecule has 0 aromatic rings. The molecular weight excluding hydrogens is 514 g/mol. The van der Waals surface area contributed by atoms with Gasteiger partial charge in [0.2, 0.25) is 0 Å². The maximum absolute atomic E-state index is 0. The molecule has 0 aromatic heterocycles. The van der Waals surface area contributed by atoms with E-state index in [0.29, 0.717) is 0 Å². The second-order valence-corrected chi connectivity index (χ2v) is 0. The first-order chi connectivity index (χ1) is 0. The third kappa shape index (κ3) is 9.53. The number of halogens is 3. The van der Waals surface area contributed by atoms with E-state index in [1.165, 1.54) is 0 Å². The number of hydrogen-bond donors (Lipinski definition) is 0. The summed E-state index contributed by atoms with van der Waals surface area (Å²) in [7, 11) is 0. The molecule has 0 nitrogen and oxygen atoms in total. The van der Waals surface area contributed by atoms with E-state index in [0.717, 1.165) is 0 Å². The fourth-order valence-corrected chi connectivity index (χ4v) is 0. The van der Waals surface area contributed by atoms with Gasteiger partial charge in [0.25, 0.3) is 0 Å². The molecule has 0 rings (SSSR count). The summed E-state index contributed by atoms with van der Waals surface area (Å²) >= 11 is 0. The van der Waals surface area contributed by atoms with Crippen LogP contribution in [0.2, 0.25) is 0 Å². The van der Waals surface area contributed by atoms with Gasteiger partial charge in [-0.3, -0.25) is 0 Å². The van der Waals surface area contributed by atoms with Crippen molar-refractivity contribution in [2.45, 2.75) is 0 Å². The Balaban J connectivity index is 0. The van der Waals surface area contributed by atoms with Crippen LogP contribution in [0.15, 0.2) is 0 Å². The molecule has 4 heavy (non-hydrogen) atoms. The largest absolute Gasteiger partial charge is 1.00 e. The summed E-state index contributed by atoms with van der Waals surface area (Å²) in [5.41, 5.74) is 0. The van der Waals surface area contributed by atoms with Crippen molar-refractivity contribution in [3.8, 4) is 0 Å². The summed E-state index contributed by atoms with van der Waals surface area (Å²) in [5.74, 6) is 0. The van der Waals surface area contributed by atoms with Crippen molar-refractivity contribution in [1.29, 1.82) is 0 Å². The monoisotopic (exact) mass is 514 g/mol. The molecule has 24 valence electrons. The Morgan fingerprint density at radius 3 is 0.500 bits per heavy atom. The third-order valence-corrected chi connectivity index (χ3v) is 0. The van der Waals surface area contributed by atoms with Gasteiger partial charge in [-0.2, -0.15) is 0 Å². The Morgan fingerprint density at radius 1 is 0.500 bits per heavy atom. The van der Waals surface area contributed by atoms with E-state index >= 15 is 0 Å². The van der Waals surface area contributed by atoms with Crippen molar-refractivity contribution in [1.82, 2.24) is 0 Å². The van der Waals surface area contributed by atoms with Crippen molar-refractivity contribution in [3.05, 3.63) is 0 Å². The van der Waals surface area contributed by atoms with Gasteiger partial charge in [-0.1, -0.05) is 0 Å². The molecule has 0 heterocycles. The van der Waals surface area contributed by atoms with Crippen LogP contribution < -0.4 is 141 Å². The van der Waals surface area contributed by atoms with Crippen LogP contribution in [0.5, 0.6) is 0 Å². The van der Waals surface area contributed by atoms with Gasteiger partial charge in [-0.25, -0.2) is 0 Å². The van der Waals surface area contributed by atoms with E-state index in [1.54, 1.807) is 0 Å². The van der Waals surface area contributed by atoms with Crippen molar-refractivity contribution in [2.24, 2.45) is 0 Å². The van der Waals surface area contributed by atoms with Gasteiger partial charge in [-0.05, 0) is 0 Å². The predicted molar refractivity (Wildman–Crippen MR) is 0 cm³/mol. The van der Waals surface area contributed by atoms with Crippen molar-refractivity contribution in [2.75, 3.05) is 0 Å². The standard InChI is InChI=1S/Cs.3HI/h;3*1H/q+1;;;/p-3. The molecule has 0 aliphatic carbocycles. The summed E-state index contributed by atoms with van der Waals surface area (Å²) in [6.45, 7) is 0. The van der Waals surface area contributed by atoms with Crippen molar-refractivity contribution >= 4 is 0 Å². The van der Waals surface area contributed by atoms with Crippen LogP contribution in [0, 0.1) is 0 Å². The summed E-state index contributed by atoms with van der Waals surface area (Å²) in [5, 5.41) is 0. The van der Waals surface area contributed by atoms with E-state index in [4.69, 9.17) is 0 Å². The molecule has 0 aromatic carbocycles. The Hall–Kier alpha value is 4.24. The van der Waals surface area contributed by atoms with E-state index in [2.05, 4.69) is 0 Å². The molecule has 0 aliphatic heterocycles. The molecule has 0 unspecified atom stereocenters. The topological polar surface area (TPSA) is 0 Å². The van der Waals surface area contributed by atoms with Gasteiger partial charge in [0, 0.05) is 0 Å². The fraction of sp³-hybridized carbons (Fsp3) is 0. The van der Waals surface area contributed by atoms with Crippen molar-refractivity contribution < 1.29 is 141 Å². The fourth-order valence-electron chi connectivity index (χ4n) is 0. The van der Waals surface area contributed by atoms with Crippen LogP contribution in [0.25, 0.3) is 0 Å². The van der Waals surface area contributed by atoms with Crippen molar-refractivity contribution in [3.63, 3.8) is 0 Å². The Kier molecular flexibility index (Phi) is 94.2. The first-order valence-corrected chi connectivity index (χ1v) is 0. The minimum atomic E-state index is 0. The van der Waals surface area contributed by atoms with Crippen LogP contribution in [-0.4, -0.2) is 0 Å². The zero-order chi connectivity index (χ0) is 0. The molecule has 0 N–H and O–H groups in total. The molecular formula is CsI3-2. The van der Waals surface area contributed by atoms with E-state index in [-0.39, 0.29) is 141 Å². The molecule has 0 bridgehead atoms. The Labute approximate surface area is 136 Å². The Bertz CT molecular complexity index is 3.25. The molecule has 4 heteroatoms. The van der Waals surface area contributed by atoms with Gasteiger partial charge >= 0.3 is 68.9 Å². The van der Waals surface area contributed by atoms with Crippen LogP contribution >= 0.6 is 0 Å². The predicted octanol–water partition coefficient (Wildman–Crippen LogP) is -12.0. The maximum atomic E-state index is 0. The molecule has 0 radical (unpaired) electrons. The van der Waals surface area contributed by atoms with Gasteiger partial charge in [0.05, 0.1) is 0 Å². The van der Waals surface area contributed by atoms with Crippen LogP contribution in [0.1, 0.15) is 0 Å². The zero-order valence-corrected chi connectivity index (χ0v) is 14.9. The van der Waals surface area contributed by atoms with Crippen LogP contribution in [0.4, 0.5) is 0 Å². The first kappa shape index (κ1) is 24.0. The average Bonchev–Trinajstić information content (AvgIpc) is 0. The minimum Gasteiger partial charge on any atom is -1.00 e. The van der Waals surface area contributed by atoms with E-state index < -0.39 is 0 Å². The second kappa shape index (κ2) is 15.7. The smallest absolute Gasteiger partial charge is 1.00 e. The normalized spacial score (nSPS) is 0. The summed E-state index contributed by atoms with van der Waals surface area (Å²) in [4.78, 5) is 0. The Morgan fingerprint density at radius 2 is 0.500 bits per heavy atom. The first-order valence-electron chi connectivity index (χ1n) is 0. The molecule has 0 saturated carbocycles. The molecule has 0 spiro atoms. The van der Waals surface area contributed by atoms with E-state index in [9.17, 15) is 0 Å². The summed E-state index contributed by atoms with van der Waals surface area (Å²) < 4.78 is 0. The molecule has 0 saturated heterocycles. The third-order valence-electron chi connectivity index (χ3n) is 0. The molecule has 0 fully saturated rings. The molecule has 0 amide bonds. The van der Waals surface area contributed by atoms with Gasteiger partial charge in [0.1, 0.15) is 0 Å². The van der Waals surface area contributed by atoms with Gasteiger partial charge in [0.15, 0.2) is 0 Å². The summed E-state index contributed by atoms with van der Waals surface area (Å²) in [6, 6.07) is 0. The zero-order valence-electron chi connectivity index (χ0n) is 2.13. The molecule has 0 atom stereocenters. The summed E-state index contributed by atoms with van der Waals surface area (Å²) in [6.07, 6.45) is 0. The minimum absolute atomic E-state index is 0. The SMILES string of the molecule is [Cs+].[I-].[I-].[I-]. The van der Waals surface area contributed by atoms with Crippen LogP contribution in [0.3, 0.4) is 0 Å². The van der Waals surface area contributed by atoms with Gasteiger partial charge < -0.3 is 71.9 Å².